The van der Waals surface area contributed by atoms with Gasteiger partial charge < -0.3 is 15.5 Å². The van der Waals surface area contributed by atoms with Crippen LogP contribution in [0.2, 0.25) is 0 Å². The maximum absolute atomic E-state index is 13.3. The number of piperidine rings is 1. The molecular formula is C21H22FN3O3. The average Bonchev–Trinajstić information content (AvgIpc) is 2.67. The Morgan fingerprint density at radius 3 is 2.25 bits per heavy atom. The first-order valence-electron chi connectivity index (χ1n) is 9.16. The van der Waals surface area contributed by atoms with Gasteiger partial charge in [0.05, 0.1) is 0 Å². The summed E-state index contributed by atoms with van der Waals surface area (Å²) in [5.41, 5.74) is 1.54. The third-order valence-corrected chi connectivity index (χ3v) is 4.68. The van der Waals surface area contributed by atoms with Gasteiger partial charge in [-0.2, -0.15) is 0 Å². The molecule has 0 saturated carbocycles. The fraction of sp³-hybridized carbons (Fsp3) is 0.286. The van der Waals surface area contributed by atoms with E-state index in [-0.39, 0.29) is 23.6 Å². The minimum Gasteiger partial charge on any atom is -0.339 e. The zero-order chi connectivity index (χ0) is 20.1. The lowest BCUT2D eigenvalue weighted by molar-refractivity contribution is -0.121. The van der Waals surface area contributed by atoms with Gasteiger partial charge in [0.25, 0.3) is 5.91 Å². The minimum absolute atomic E-state index is 0.113. The predicted octanol–water partition coefficient (Wildman–Crippen LogP) is 3.28. The molecule has 0 atom stereocenters. The van der Waals surface area contributed by atoms with E-state index in [9.17, 15) is 18.8 Å². The van der Waals surface area contributed by atoms with Crippen LogP contribution in [0.5, 0.6) is 0 Å². The third-order valence-electron chi connectivity index (χ3n) is 4.68. The smallest absolute Gasteiger partial charge is 0.253 e. The molecule has 1 fully saturated rings. The van der Waals surface area contributed by atoms with Crippen molar-refractivity contribution in [3.8, 4) is 0 Å². The number of benzene rings is 2. The lowest BCUT2D eigenvalue weighted by atomic mass is 9.95. The Labute approximate surface area is 162 Å². The number of halogens is 1. The Kier molecular flexibility index (Phi) is 6.03. The lowest BCUT2D eigenvalue weighted by Crippen LogP contribution is -2.41. The quantitative estimate of drug-likeness (QED) is 0.851. The average molecular weight is 383 g/mol. The number of carbonyl (C=O) groups is 3. The SMILES string of the molecule is CC(=O)Nc1cccc(NC(=O)C2CCN(C(=O)c3cccc(F)c3)CC2)c1. The highest BCUT2D eigenvalue weighted by Gasteiger charge is 2.28. The normalized spacial score (nSPS) is 14.4. The number of amides is 3. The number of anilines is 2. The molecule has 28 heavy (non-hydrogen) atoms. The molecule has 1 aliphatic heterocycles. The highest BCUT2D eigenvalue weighted by molar-refractivity contribution is 5.96. The van der Waals surface area contributed by atoms with Crippen molar-refractivity contribution in [1.29, 1.82) is 0 Å². The summed E-state index contributed by atoms with van der Waals surface area (Å²) >= 11 is 0. The van der Waals surface area contributed by atoms with Crippen LogP contribution in [0.4, 0.5) is 15.8 Å². The molecule has 7 heteroatoms. The van der Waals surface area contributed by atoms with Gasteiger partial charge in [-0.1, -0.05) is 12.1 Å². The Morgan fingerprint density at radius 2 is 1.61 bits per heavy atom. The first kappa shape index (κ1) is 19.5. The fourth-order valence-electron chi connectivity index (χ4n) is 3.27. The molecule has 2 N–H and O–H groups in total. The van der Waals surface area contributed by atoms with Gasteiger partial charge in [-0.3, -0.25) is 14.4 Å². The van der Waals surface area contributed by atoms with Gasteiger partial charge in [-0.05, 0) is 49.2 Å². The summed E-state index contributed by atoms with van der Waals surface area (Å²) in [7, 11) is 0. The number of carbonyl (C=O) groups excluding carboxylic acids is 3. The molecule has 0 spiro atoms. The van der Waals surface area contributed by atoms with Gasteiger partial charge >= 0.3 is 0 Å². The van der Waals surface area contributed by atoms with Crippen LogP contribution in [-0.2, 0) is 9.59 Å². The van der Waals surface area contributed by atoms with Crippen molar-refractivity contribution < 1.29 is 18.8 Å². The first-order valence-corrected chi connectivity index (χ1v) is 9.16. The Bertz CT molecular complexity index is 892. The number of hydrogen-bond donors (Lipinski definition) is 2. The molecule has 0 unspecified atom stereocenters. The van der Waals surface area contributed by atoms with Crippen molar-refractivity contribution in [2.75, 3.05) is 23.7 Å². The van der Waals surface area contributed by atoms with Gasteiger partial charge in [-0.25, -0.2) is 4.39 Å². The molecule has 0 radical (unpaired) electrons. The lowest BCUT2D eigenvalue weighted by Gasteiger charge is -2.31. The van der Waals surface area contributed by atoms with Crippen molar-refractivity contribution in [3.63, 3.8) is 0 Å². The van der Waals surface area contributed by atoms with Gasteiger partial charge in [0, 0.05) is 42.9 Å². The molecule has 1 aliphatic rings. The van der Waals surface area contributed by atoms with E-state index >= 15 is 0 Å². The number of likely N-dealkylation sites (tertiary alicyclic amines) is 1. The van der Waals surface area contributed by atoms with E-state index in [4.69, 9.17) is 0 Å². The second-order valence-electron chi connectivity index (χ2n) is 6.83. The zero-order valence-corrected chi connectivity index (χ0v) is 15.6. The van der Waals surface area contributed by atoms with Crippen LogP contribution in [0.15, 0.2) is 48.5 Å². The summed E-state index contributed by atoms with van der Waals surface area (Å²) in [6.45, 7) is 2.31. The second kappa shape index (κ2) is 8.65. The molecule has 3 amide bonds. The first-order chi connectivity index (χ1) is 13.4. The van der Waals surface area contributed by atoms with E-state index in [1.165, 1.54) is 25.1 Å². The number of nitrogens with one attached hydrogen (secondary N) is 2. The molecule has 0 aliphatic carbocycles. The van der Waals surface area contributed by atoms with Gasteiger partial charge in [-0.15, -0.1) is 0 Å². The molecule has 2 aromatic rings. The molecule has 1 heterocycles. The fourth-order valence-corrected chi connectivity index (χ4v) is 3.27. The highest BCUT2D eigenvalue weighted by atomic mass is 19.1. The maximum Gasteiger partial charge on any atom is 0.253 e. The zero-order valence-electron chi connectivity index (χ0n) is 15.6. The third kappa shape index (κ3) is 4.94. The van der Waals surface area contributed by atoms with Crippen molar-refractivity contribution >= 4 is 29.1 Å². The summed E-state index contributed by atoms with van der Waals surface area (Å²) < 4.78 is 13.3. The van der Waals surface area contributed by atoms with E-state index in [0.717, 1.165) is 0 Å². The Hall–Kier alpha value is -3.22. The molecule has 0 aromatic heterocycles. The largest absolute Gasteiger partial charge is 0.339 e. The standard InChI is InChI=1S/C21H22FN3O3/c1-14(26)23-18-6-3-7-19(13-18)24-20(27)15-8-10-25(11-9-15)21(28)16-4-2-5-17(22)12-16/h2-7,12-13,15H,8-11H2,1H3,(H,23,26)(H,24,27). The van der Waals surface area contributed by atoms with Crippen LogP contribution in [0.3, 0.4) is 0 Å². The summed E-state index contributed by atoms with van der Waals surface area (Å²) in [5.74, 6) is -1.17. The maximum atomic E-state index is 13.3. The molecule has 0 bridgehead atoms. The van der Waals surface area contributed by atoms with Crippen molar-refractivity contribution in [2.24, 2.45) is 5.92 Å². The van der Waals surface area contributed by atoms with Crippen LogP contribution in [-0.4, -0.2) is 35.7 Å². The van der Waals surface area contributed by atoms with E-state index in [1.54, 1.807) is 35.2 Å². The van der Waals surface area contributed by atoms with E-state index in [1.807, 2.05) is 0 Å². The minimum atomic E-state index is -0.443. The van der Waals surface area contributed by atoms with Crippen LogP contribution in [0.1, 0.15) is 30.1 Å². The van der Waals surface area contributed by atoms with E-state index in [0.29, 0.717) is 42.9 Å². The molecule has 6 nitrogen and oxygen atoms in total. The number of rotatable bonds is 4. The summed E-state index contributed by atoms with van der Waals surface area (Å²) in [5, 5.41) is 5.54. The monoisotopic (exact) mass is 383 g/mol. The summed E-state index contributed by atoms with van der Waals surface area (Å²) in [4.78, 5) is 37.8. The molecule has 2 aromatic carbocycles. The molecule has 146 valence electrons. The van der Waals surface area contributed by atoms with Crippen molar-refractivity contribution in [2.45, 2.75) is 19.8 Å². The van der Waals surface area contributed by atoms with Crippen LogP contribution < -0.4 is 10.6 Å². The molecular weight excluding hydrogens is 361 g/mol. The predicted molar refractivity (Wildman–Crippen MR) is 104 cm³/mol. The highest BCUT2D eigenvalue weighted by Crippen LogP contribution is 2.22. The van der Waals surface area contributed by atoms with E-state index < -0.39 is 5.82 Å². The summed E-state index contributed by atoms with van der Waals surface area (Å²) in [6, 6.07) is 12.6. The van der Waals surface area contributed by atoms with E-state index in [2.05, 4.69) is 10.6 Å². The topological polar surface area (TPSA) is 78.5 Å². The Balaban J connectivity index is 1.55. The molecule has 1 saturated heterocycles. The number of nitrogens with zero attached hydrogens (tertiary/aromatic N) is 1. The Morgan fingerprint density at radius 1 is 0.964 bits per heavy atom. The number of hydrogen-bond acceptors (Lipinski definition) is 3. The second-order valence-corrected chi connectivity index (χ2v) is 6.83. The van der Waals surface area contributed by atoms with Crippen LogP contribution in [0, 0.1) is 11.7 Å². The van der Waals surface area contributed by atoms with Gasteiger partial charge in [0.2, 0.25) is 11.8 Å². The van der Waals surface area contributed by atoms with Gasteiger partial charge in [0.1, 0.15) is 5.82 Å². The van der Waals surface area contributed by atoms with Gasteiger partial charge in [0.15, 0.2) is 0 Å². The van der Waals surface area contributed by atoms with Crippen molar-refractivity contribution in [3.05, 3.63) is 59.9 Å². The molecule has 3 rings (SSSR count). The van der Waals surface area contributed by atoms with Crippen LogP contribution >= 0.6 is 0 Å². The summed E-state index contributed by atoms with van der Waals surface area (Å²) in [6.07, 6.45) is 1.08. The van der Waals surface area contributed by atoms with Crippen LogP contribution in [0.25, 0.3) is 0 Å². The van der Waals surface area contributed by atoms with Crippen molar-refractivity contribution in [1.82, 2.24) is 4.90 Å².